The number of rotatable bonds is 3. The Kier molecular flexibility index (Phi) is 3.47. The minimum absolute atomic E-state index is 0.0325. The fraction of sp³-hybridized carbons (Fsp3) is 0.222. The van der Waals surface area contributed by atoms with Crippen LogP contribution in [0.4, 0.5) is 11.4 Å². The Hall–Kier alpha value is -1.96. The first kappa shape index (κ1) is 13.1. The Labute approximate surface area is 97.5 Å². The van der Waals surface area contributed by atoms with Gasteiger partial charge in [0, 0.05) is 19.2 Å². The lowest BCUT2D eigenvalue weighted by atomic mass is 10.2. The van der Waals surface area contributed by atoms with Crippen molar-refractivity contribution in [1.82, 2.24) is 0 Å². The van der Waals surface area contributed by atoms with E-state index in [1.807, 2.05) is 0 Å². The molecule has 0 aromatic heterocycles. The second-order valence-corrected chi connectivity index (χ2v) is 5.41. The number of carbonyl (C=O) groups excluding carboxylic acids is 1. The van der Waals surface area contributed by atoms with Crippen molar-refractivity contribution >= 4 is 27.1 Å². The molecule has 0 saturated heterocycles. The first-order chi connectivity index (χ1) is 7.71. The van der Waals surface area contributed by atoms with E-state index in [2.05, 4.69) is 5.32 Å². The van der Waals surface area contributed by atoms with E-state index in [1.165, 1.54) is 19.1 Å². The van der Waals surface area contributed by atoms with Gasteiger partial charge in [-0.25, -0.2) is 8.42 Å². The van der Waals surface area contributed by atoms with E-state index < -0.39 is 26.4 Å². The van der Waals surface area contributed by atoms with Crippen LogP contribution in [0.5, 0.6) is 0 Å². The van der Waals surface area contributed by atoms with Crippen LogP contribution < -0.4 is 5.32 Å². The number of nitrogens with one attached hydrogen (secondary N) is 1. The van der Waals surface area contributed by atoms with Crippen molar-refractivity contribution in [2.45, 2.75) is 11.8 Å². The second-order valence-electron chi connectivity index (χ2n) is 3.39. The van der Waals surface area contributed by atoms with Gasteiger partial charge in [-0.15, -0.1) is 0 Å². The maximum atomic E-state index is 11.2. The van der Waals surface area contributed by atoms with E-state index in [1.54, 1.807) is 0 Å². The maximum absolute atomic E-state index is 11.2. The second kappa shape index (κ2) is 4.50. The topological polar surface area (TPSA) is 106 Å². The molecule has 92 valence electrons. The lowest BCUT2D eigenvalue weighted by Gasteiger charge is -2.05. The fourth-order valence-electron chi connectivity index (χ4n) is 1.19. The predicted molar refractivity (Wildman–Crippen MR) is 60.5 cm³/mol. The van der Waals surface area contributed by atoms with Gasteiger partial charge in [-0.05, 0) is 12.1 Å². The predicted octanol–water partition coefficient (Wildman–Crippen LogP) is 0.957. The molecule has 1 rings (SSSR count). The molecule has 0 atom stereocenters. The van der Waals surface area contributed by atoms with Gasteiger partial charge in [0.1, 0.15) is 5.69 Å². The van der Waals surface area contributed by atoms with Gasteiger partial charge < -0.3 is 5.32 Å². The van der Waals surface area contributed by atoms with Gasteiger partial charge in [-0.2, -0.15) is 0 Å². The minimum atomic E-state index is -3.52. The summed E-state index contributed by atoms with van der Waals surface area (Å²) < 4.78 is 22.5. The highest BCUT2D eigenvalue weighted by Crippen LogP contribution is 2.27. The van der Waals surface area contributed by atoms with Crippen molar-refractivity contribution in [2.75, 3.05) is 11.6 Å². The summed E-state index contributed by atoms with van der Waals surface area (Å²) in [5.41, 5.74) is -0.488. The number of amides is 1. The van der Waals surface area contributed by atoms with Crippen molar-refractivity contribution in [1.29, 1.82) is 0 Å². The van der Waals surface area contributed by atoms with Gasteiger partial charge in [0.2, 0.25) is 5.91 Å². The number of sulfone groups is 1. The zero-order chi connectivity index (χ0) is 13.2. The van der Waals surface area contributed by atoms with Crippen molar-refractivity contribution in [3.63, 3.8) is 0 Å². The number of hydrogen-bond donors (Lipinski definition) is 1. The molecular weight excluding hydrogens is 248 g/mol. The van der Waals surface area contributed by atoms with Gasteiger partial charge >= 0.3 is 0 Å². The molecule has 0 radical (unpaired) electrons. The highest BCUT2D eigenvalue weighted by molar-refractivity contribution is 7.90. The number of nitro benzene ring substituents is 1. The van der Waals surface area contributed by atoms with Crippen LogP contribution in [0.15, 0.2) is 23.1 Å². The zero-order valence-electron chi connectivity index (χ0n) is 9.13. The molecule has 0 bridgehead atoms. The standard InChI is InChI=1S/C9H10N2O5S/c1-6(12)10-8-4-3-7(17(2,15)16)5-9(8)11(13)14/h3-5H,1-2H3,(H,10,12). The summed E-state index contributed by atoms with van der Waals surface area (Å²) in [4.78, 5) is 20.6. The Morgan fingerprint density at radius 1 is 1.41 bits per heavy atom. The van der Waals surface area contributed by atoms with Crippen LogP contribution in [0.2, 0.25) is 0 Å². The highest BCUT2D eigenvalue weighted by atomic mass is 32.2. The van der Waals surface area contributed by atoms with Gasteiger partial charge in [0.15, 0.2) is 9.84 Å². The maximum Gasteiger partial charge on any atom is 0.294 e. The first-order valence-corrected chi connectivity index (χ1v) is 6.37. The SMILES string of the molecule is CC(=O)Nc1ccc(S(C)(=O)=O)cc1[N+](=O)[O-]. The molecule has 17 heavy (non-hydrogen) atoms. The van der Waals surface area contributed by atoms with Gasteiger partial charge in [0.25, 0.3) is 5.69 Å². The minimum Gasteiger partial charge on any atom is -0.321 e. The van der Waals surface area contributed by atoms with Crippen molar-refractivity contribution in [3.05, 3.63) is 28.3 Å². The molecule has 0 aliphatic carbocycles. The number of anilines is 1. The van der Waals surface area contributed by atoms with Crippen LogP contribution >= 0.6 is 0 Å². The molecular formula is C9H10N2O5S. The van der Waals surface area contributed by atoms with E-state index >= 15 is 0 Å². The Morgan fingerprint density at radius 3 is 2.41 bits per heavy atom. The van der Waals surface area contributed by atoms with Crippen LogP contribution in [-0.4, -0.2) is 25.5 Å². The molecule has 8 heteroatoms. The molecule has 0 unspecified atom stereocenters. The molecule has 7 nitrogen and oxygen atoms in total. The van der Waals surface area contributed by atoms with Crippen LogP contribution in [0.3, 0.4) is 0 Å². The van der Waals surface area contributed by atoms with E-state index in [0.29, 0.717) is 0 Å². The van der Waals surface area contributed by atoms with Crippen LogP contribution in [-0.2, 0) is 14.6 Å². The zero-order valence-corrected chi connectivity index (χ0v) is 9.95. The summed E-state index contributed by atoms with van der Waals surface area (Å²) >= 11 is 0. The molecule has 1 aromatic carbocycles. The third kappa shape index (κ3) is 3.25. The molecule has 0 spiro atoms. The van der Waals surface area contributed by atoms with Crippen molar-refractivity contribution in [2.24, 2.45) is 0 Å². The first-order valence-electron chi connectivity index (χ1n) is 4.48. The number of benzene rings is 1. The van der Waals surface area contributed by atoms with Crippen LogP contribution in [0.1, 0.15) is 6.92 Å². The monoisotopic (exact) mass is 258 g/mol. The van der Waals surface area contributed by atoms with Gasteiger partial charge in [-0.1, -0.05) is 0 Å². The number of nitro groups is 1. The average Bonchev–Trinajstić information content (AvgIpc) is 2.15. The van der Waals surface area contributed by atoms with Gasteiger partial charge in [0.05, 0.1) is 9.82 Å². The number of hydrogen-bond acceptors (Lipinski definition) is 5. The Morgan fingerprint density at radius 2 is 2.00 bits per heavy atom. The highest BCUT2D eigenvalue weighted by Gasteiger charge is 2.19. The normalized spacial score (nSPS) is 10.9. The van der Waals surface area contributed by atoms with Crippen molar-refractivity contribution < 1.29 is 18.1 Å². The van der Waals surface area contributed by atoms with E-state index in [9.17, 15) is 23.3 Å². The average molecular weight is 258 g/mol. The molecule has 0 fully saturated rings. The van der Waals surface area contributed by atoms with Gasteiger partial charge in [-0.3, -0.25) is 14.9 Å². The van der Waals surface area contributed by atoms with E-state index in [0.717, 1.165) is 12.3 Å². The quantitative estimate of drug-likeness (QED) is 0.641. The Bertz CT molecular complexity index is 579. The van der Waals surface area contributed by atoms with E-state index in [-0.39, 0.29) is 10.6 Å². The third-order valence-electron chi connectivity index (χ3n) is 1.90. The van der Waals surface area contributed by atoms with Crippen LogP contribution in [0.25, 0.3) is 0 Å². The molecule has 1 aromatic rings. The lowest BCUT2D eigenvalue weighted by Crippen LogP contribution is -2.09. The Balaban J connectivity index is 3.37. The van der Waals surface area contributed by atoms with E-state index in [4.69, 9.17) is 0 Å². The molecule has 0 saturated carbocycles. The van der Waals surface area contributed by atoms with Crippen LogP contribution in [0, 0.1) is 10.1 Å². The third-order valence-corrected chi connectivity index (χ3v) is 3.01. The summed E-state index contributed by atoms with van der Waals surface area (Å²) in [5.74, 6) is -0.472. The number of nitrogens with zero attached hydrogens (tertiary/aromatic N) is 1. The summed E-state index contributed by atoms with van der Waals surface area (Å²) in [5, 5.41) is 13.0. The largest absolute Gasteiger partial charge is 0.321 e. The number of carbonyl (C=O) groups is 1. The summed E-state index contributed by atoms with van der Waals surface area (Å²) in [6, 6.07) is 3.31. The molecule has 1 N–H and O–H groups in total. The summed E-state index contributed by atoms with van der Waals surface area (Å²) in [6.07, 6.45) is 0.949. The molecule has 0 aliphatic heterocycles. The lowest BCUT2D eigenvalue weighted by molar-refractivity contribution is -0.384. The molecule has 0 heterocycles. The van der Waals surface area contributed by atoms with Crippen molar-refractivity contribution in [3.8, 4) is 0 Å². The summed E-state index contributed by atoms with van der Waals surface area (Å²) in [7, 11) is -3.52. The summed E-state index contributed by atoms with van der Waals surface area (Å²) in [6.45, 7) is 1.20. The fourth-order valence-corrected chi connectivity index (χ4v) is 1.83. The molecule has 0 aliphatic rings. The molecule has 1 amide bonds. The smallest absolute Gasteiger partial charge is 0.294 e.